The summed E-state index contributed by atoms with van der Waals surface area (Å²) in [4.78, 5) is 38.2. The number of carbonyl (C=O) groups is 3. The molecule has 0 heterocycles. The van der Waals surface area contributed by atoms with Gasteiger partial charge in [-0.05, 0) is 161 Å². The van der Waals surface area contributed by atoms with Gasteiger partial charge in [-0.2, -0.15) is 0 Å². The predicted octanol–water partition coefficient (Wildman–Crippen LogP) is 22.3. The Labute approximate surface area is 507 Å². The SMILES string of the molecule is CC/C=C\C/C=C\C/C=C\C/C=C\C/C=C\C/C=C\C/C=C\C/C=C\C/C=C\C/C=C\CCCCCCC(=O)OCC(COC(=O)CC/C=C\C/C=C\C/C=C\C/C=C\CC)OC(=O)CCC/C=C\C/C=C\C/C=C\C/C=C\C/C=C\CC. The number of hydrogen-bond acceptors (Lipinski definition) is 6. The highest BCUT2D eigenvalue weighted by molar-refractivity contribution is 5.71. The first-order valence-electron chi connectivity index (χ1n) is 31.9. The first-order chi connectivity index (χ1) is 41.0. The standard InChI is InChI=1S/C77H112O6/c1-4-7-10-13-16-19-22-25-27-29-30-31-32-33-34-35-36-37-38-39-40-41-42-43-44-45-46-48-49-52-55-58-61-64-67-70-76(79)82-73-74(72-81-75(78)69-66-63-60-57-54-51-24-21-18-15-12-9-6-3)83-77(80)71-68-65-62-59-56-53-50-47-28-26-23-20-17-14-11-8-5-2/h7-12,16-21,25-28,30-31,33-34,36-37,39-40,42-43,45-46,49-54,59-60,62-63,74H,4-6,13-15,22-24,29,32,35,38,41,44,47-48,55-58,61,64-73H2,1-3H3/b10-7-,11-8-,12-9-,19-16-,20-17-,21-18-,27-25-,28-26-,31-30-,34-33-,37-36-,40-39-,43-42-,46-45-,52-49-,53-50-,54-51-,62-59-,63-60-. The van der Waals surface area contributed by atoms with Crippen molar-refractivity contribution in [2.24, 2.45) is 0 Å². The van der Waals surface area contributed by atoms with Gasteiger partial charge in [0.1, 0.15) is 13.2 Å². The molecular formula is C77H112O6. The fourth-order valence-corrected chi connectivity index (χ4v) is 7.52. The molecule has 0 fully saturated rings. The summed E-state index contributed by atoms with van der Waals surface area (Å²) in [5.41, 5.74) is 0. The summed E-state index contributed by atoms with van der Waals surface area (Å²) < 4.78 is 16.7. The molecule has 0 aromatic carbocycles. The van der Waals surface area contributed by atoms with Crippen molar-refractivity contribution >= 4 is 17.9 Å². The maximum absolute atomic E-state index is 12.9. The Morgan fingerprint density at radius 2 is 0.470 bits per heavy atom. The Balaban J connectivity index is 4.47. The van der Waals surface area contributed by atoms with Crippen LogP contribution in [0.1, 0.15) is 213 Å². The van der Waals surface area contributed by atoms with E-state index in [0.29, 0.717) is 12.8 Å². The summed E-state index contributed by atoms with van der Waals surface area (Å²) >= 11 is 0. The molecule has 456 valence electrons. The van der Waals surface area contributed by atoms with Crippen molar-refractivity contribution in [3.63, 3.8) is 0 Å². The van der Waals surface area contributed by atoms with Crippen molar-refractivity contribution in [3.05, 3.63) is 231 Å². The zero-order valence-electron chi connectivity index (χ0n) is 52.1. The smallest absolute Gasteiger partial charge is 0.306 e. The number of allylic oxidation sites excluding steroid dienone is 38. The molecule has 6 heteroatoms. The van der Waals surface area contributed by atoms with Gasteiger partial charge in [-0.3, -0.25) is 14.4 Å². The van der Waals surface area contributed by atoms with E-state index in [1.807, 2.05) is 12.2 Å². The molecule has 83 heavy (non-hydrogen) atoms. The monoisotopic (exact) mass is 1130 g/mol. The van der Waals surface area contributed by atoms with E-state index in [1.54, 1.807) is 0 Å². The highest BCUT2D eigenvalue weighted by atomic mass is 16.6. The molecule has 0 N–H and O–H groups in total. The lowest BCUT2D eigenvalue weighted by Gasteiger charge is -2.18. The maximum atomic E-state index is 12.9. The van der Waals surface area contributed by atoms with Crippen LogP contribution in [0.2, 0.25) is 0 Å². The van der Waals surface area contributed by atoms with Gasteiger partial charge in [0.05, 0.1) is 0 Å². The fourth-order valence-electron chi connectivity index (χ4n) is 7.52. The number of rotatable bonds is 54. The van der Waals surface area contributed by atoms with Gasteiger partial charge in [0.2, 0.25) is 0 Å². The van der Waals surface area contributed by atoms with Crippen LogP contribution >= 0.6 is 0 Å². The molecule has 0 radical (unpaired) electrons. The summed E-state index contributed by atoms with van der Waals surface area (Å²) in [6.07, 6.45) is 108. The molecule has 1 unspecified atom stereocenters. The van der Waals surface area contributed by atoms with Gasteiger partial charge in [0.15, 0.2) is 6.10 Å². The average molecular weight is 1130 g/mol. The van der Waals surface area contributed by atoms with E-state index < -0.39 is 12.1 Å². The summed E-state index contributed by atoms with van der Waals surface area (Å²) in [6.45, 7) is 6.13. The van der Waals surface area contributed by atoms with Gasteiger partial charge in [0.25, 0.3) is 0 Å². The molecule has 0 rings (SSSR count). The molecule has 0 aliphatic rings. The molecule has 0 spiro atoms. The zero-order chi connectivity index (χ0) is 59.9. The van der Waals surface area contributed by atoms with E-state index in [4.69, 9.17) is 14.2 Å². The van der Waals surface area contributed by atoms with Gasteiger partial charge in [-0.1, -0.05) is 265 Å². The molecule has 0 amide bonds. The first-order valence-corrected chi connectivity index (χ1v) is 31.9. The number of esters is 3. The minimum atomic E-state index is -0.863. The van der Waals surface area contributed by atoms with Crippen molar-refractivity contribution in [2.45, 2.75) is 219 Å². The Morgan fingerprint density at radius 3 is 0.771 bits per heavy atom. The van der Waals surface area contributed by atoms with Crippen LogP contribution in [-0.2, 0) is 28.6 Å². The quantitative estimate of drug-likeness (QED) is 0.0261. The van der Waals surface area contributed by atoms with Crippen LogP contribution in [0.25, 0.3) is 0 Å². The summed E-state index contributed by atoms with van der Waals surface area (Å²) in [6, 6.07) is 0. The van der Waals surface area contributed by atoms with E-state index in [-0.39, 0.29) is 44.4 Å². The Bertz CT molecular complexity index is 2130. The molecule has 0 bridgehead atoms. The number of carbonyl (C=O) groups excluding carboxylic acids is 3. The van der Waals surface area contributed by atoms with Crippen molar-refractivity contribution < 1.29 is 28.6 Å². The van der Waals surface area contributed by atoms with E-state index in [9.17, 15) is 14.4 Å². The molecule has 0 aromatic heterocycles. The first kappa shape index (κ1) is 76.5. The fraction of sp³-hybridized carbons (Fsp3) is 0.468. The van der Waals surface area contributed by atoms with Crippen molar-refractivity contribution in [1.29, 1.82) is 0 Å². The van der Waals surface area contributed by atoms with Crippen molar-refractivity contribution in [3.8, 4) is 0 Å². The summed E-state index contributed by atoms with van der Waals surface area (Å²) in [7, 11) is 0. The van der Waals surface area contributed by atoms with Crippen LogP contribution < -0.4 is 0 Å². The van der Waals surface area contributed by atoms with Crippen LogP contribution in [-0.4, -0.2) is 37.2 Å². The molecule has 1 atom stereocenters. The molecule has 0 saturated heterocycles. The highest BCUT2D eigenvalue weighted by Gasteiger charge is 2.19. The summed E-state index contributed by atoms with van der Waals surface area (Å²) in [5, 5.41) is 0. The molecule has 0 aromatic rings. The predicted molar refractivity (Wildman–Crippen MR) is 361 cm³/mol. The molecule has 0 aliphatic carbocycles. The van der Waals surface area contributed by atoms with Gasteiger partial charge < -0.3 is 14.2 Å². The lowest BCUT2D eigenvalue weighted by molar-refractivity contribution is -0.166. The Morgan fingerprint density at radius 1 is 0.241 bits per heavy atom. The highest BCUT2D eigenvalue weighted by Crippen LogP contribution is 2.10. The van der Waals surface area contributed by atoms with Crippen LogP contribution in [0.3, 0.4) is 0 Å². The van der Waals surface area contributed by atoms with E-state index >= 15 is 0 Å². The third-order valence-electron chi connectivity index (χ3n) is 12.2. The second kappa shape index (κ2) is 68.0. The lowest BCUT2D eigenvalue weighted by Crippen LogP contribution is -2.30. The molecule has 0 saturated carbocycles. The average Bonchev–Trinajstić information content (AvgIpc) is 3.49. The van der Waals surface area contributed by atoms with E-state index in [1.165, 1.54) is 0 Å². The number of ether oxygens (including phenoxy) is 3. The van der Waals surface area contributed by atoms with Crippen molar-refractivity contribution in [1.82, 2.24) is 0 Å². The number of unbranched alkanes of at least 4 members (excludes halogenated alkanes) is 5. The van der Waals surface area contributed by atoms with Crippen LogP contribution in [0.5, 0.6) is 0 Å². The second-order valence-corrected chi connectivity index (χ2v) is 19.8. The molecular weight excluding hydrogens is 1020 g/mol. The third kappa shape index (κ3) is 66.2. The zero-order valence-corrected chi connectivity index (χ0v) is 52.1. The van der Waals surface area contributed by atoms with Gasteiger partial charge in [0, 0.05) is 19.3 Å². The maximum Gasteiger partial charge on any atom is 0.306 e. The minimum Gasteiger partial charge on any atom is -0.462 e. The van der Waals surface area contributed by atoms with Gasteiger partial charge >= 0.3 is 17.9 Å². The Hall–Kier alpha value is -6.53. The Kier molecular flexibility index (Phi) is 62.6. The minimum absolute atomic E-state index is 0.150. The normalized spacial score (nSPS) is 13.7. The molecule has 0 aliphatic heterocycles. The topological polar surface area (TPSA) is 78.9 Å². The van der Waals surface area contributed by atoms with Gasteiger partial charge in [-0.25, -0.2) is 0 Å². The van der Waals surface area contributed by atoms with Gasteiger partial charge in [-0.15, -0.1) is 0 Å². The van der Waals surface area contributed by atoms with E-state index in [0.717, 1.165) is 161 Å². The van der Waals surface area contributed by atoms with Crippen LogP contribution in [0.4, 0.5) is 0 Å². The molecule has 6 nitrogen and oxygen atoms in total. The largest absolute Gasteiger partial charge is 0.462 e. The van der Waals surface area contributed by atoms with Crippen LogP contribution in [0.15, 0.2) is 231 Å². The lowest BCUT2D eigenvalue weighted by atomic mass is 10.1. The third-order valence-corrected chi connectivity index (χ3v) is 12.2. The number of hydrogen-bond donors (Lipinski definition) is 0. The van der Waals surface area contributed by atoms with E-state index in [2.05, 4.69) is 240 Å². The second-order valence-electron chi connectivity index (χ2n) is 19.8. The van der Waals surface area contributed by atoms with Crippen LogP contribution in [0, 0.1) is 0 Å². The summed E-state index contributed by atoms with van der Waals surface area (Å²) in [5.74, 6) is -1.13. The van der Waals surface area contributed by atoms with Crippen molar-refractivity contribution in [2.75, 3.05) is 13.2 Å².